The van der Waals surface area contributed by atoms with E-state index in [4.69, 9.17) is 4.74 Å². The molecule has 2 aliphatic heterocycles. The first kappa shape index (κ1) is 27.2. The summed E-state index contributed by atoms with van der Waals surface area (Å²) in [6.45, 7) is 5.28. The zero-order valence-corrected chi connectivity index (χ0v) is 22.3. The number of carbonyl (C=O) groups is 3. The molecule has 0 bridgehead atoms. The number of hydrogen-bond donors (Lipinski definition) is 1. The van der Waals surface area contributed by atoms with Crippen molar-refractivity contribution < 1.29 is 37.0 Å². The number of amides is 2. The Hall–Kier alpha value is -4.34. The number of likely N-dealkylation sites (tertiary alicyclic amines) is 1. The van der Waals surface area contributed by atoms with Crippen molar-refractivity contribution in [1.29, 1.82) is 0 Å². The number of nitrogens with zero attached hydrogens (tertiary/aromatic N) is 1. The number of carbonyl (C=O) groups excluding carboxylic acids is 3. The van der Waals surface area contributed by atoms with Gasteiger partial charge in [-0.25, -0.2) is 22.8 Å². The standard InChI is InChI=1S/C30H27F3N2O5/c1-29(2,3)40-28(38)35-10-9-30(20-7-5-6-8-23(20)34-27(30)37)25(35)18-11-16(12-19(31)13-18)17-14-21(32)24(22(33)15-17)26(36)39-4/h5-8,11-15,25H,9-10H2,1-4H3,(H,34,37)/t25-,30-/m1/s1. The van der Waals surface area contributed by atoms with E-state index in [2.05, 4.69) is 10.1 Å². The maximum absolute atomic E-state index is 15.2. The lowest BCUT2D eigenvalue weighted by Crippen LogP contribution is -2.44. The number of rotatable bonds is 3. The highest BCUT2D eigenvalue weighted by Crippen LogP contribution is 2.55. The number of benzene rings is 3. The zero-order valence-electron chi connectivity index (χ0n) is 22.3. The summed E-state index contributed by atoms with van der Waals surface area (Å²) in [5.74, 6) is -4.64. The Bertz CT molecular complexity index is 1530. The first-order valence-electron chi connectivity index (χ1n) is 12.6. The van der Waals surface area contributed by atoms with Crippen LogP contribution >= 0.6 is 0 Å². The summed E-state index contributed by atoms with van der Waals surface area (Å²) in [6, 6.07) is 11.7. The minimum Gasteiger partial charge on any atom is -0.465 e. The SMILES string of the molecule is COC(=O)c1c(F)cc(-c2cc(F)cc([C@H]3N(C(=O)OC(C)(C)C)CC[C@]34C(=O)Nc3ccccc34)c2)cc1F. The molecule has 1 fully saturated rings. The number of anilines is 1. The van der Waals surface area contributed by atoms with Crippen molar-refractivity contribution in [2.45, 2.75) is 44.2 Å². The van der Waals surface area contributed by atoms with Crippen LogP contribution in [0.5, 0.6) is 0 Å². The molecule has 208 valence electrons. The smallest absolute Gasteiger partial charge is 0.410 e. The van der Waals surface area contributed by atoms with Gasteiger partial charge >= 0.3 is 12.1 Å². The van der Waals surface area contributed by atoms with Crippen LogP contribution < -0.4 is 5.32 Å². The second-order valence-electron chi connectivity index (χ2n) is 10.9. The van der Waals surface area contributed by atoms with E-state index >= 15 is 4.39 Å². The second kappa shape index (κ2) is 9.69. The summed E-state index contributed by atoms with van der Waals surface area (Å²) in [6.07, 6.45) is -0.445. The predicted octanol–water partition coefficient (Wildman–Crippen LogP) is 6.13. The largest absolute Gasteiger partial charge is 0.465 e. The average molecular weight is 553 g/mol. The van der Waals surface area contributed by atoms with Crippen molar-refractivity contribution in [3.63, 3.8) is 0 Å². The fourth-order valence-electron chi connectivity index (χ4n) is 5.64. The Morgan fingerprint density at radius 3 is 2.30 bits per heavy atom. The second-order valence-corrected chi connectivity index (χ2v) is 10.9. The summed E-state index contributed by atoms with van der Waals surface area (Å²) in [5, 5.41) is 2.88. The molecule has 1 saturated heterocycles. The molecule has 5 rings (SSSR count). The van der Waals surface area contributed by atoms with Gasteiger partial charge in [-0.1, -0.05) is 18.2 Å². The van der Waals surface area contributed by atoms with Crippen LogP contribution in [0.1, 0.15) is 54.7 Å². The molecule has 1 N–H and O–H groups in total. The van der Waals surface area contributed by atoms with Gasteiger partial charge in [0.15, 0.2) is 0 Å². The van der Waals surface area contributed by atoms with E-state index in [-0.39, 0.29) is 35.6 Å². The van der Waals surface area contributed by atoms with Gasteiger partial charge < -0.3 is 14.8 Å². The van der Waals surface area contributed by atoms with Gasteiger partial charge in [0.2, 0.25) is 5.91 Å². The molecule has 0 radical (unpaired) electrons. The average Bonchev–Trinajstić information content (AvgIpc) is 3.41. The van der Waals surface area contributed by atoms with Crippen molar-refractivity contribution in [2.24, 2.45) is 0 Å². The van der Waals surface area contributed by atoms with Crippen LogP contribution in [0.4, 0.5) is 23.7 Å². The highest BCUT2D eigenvalue weighted by atomic mass is 19.1. The molecule has 2 atom stereocenters. The molecule has 2 aliphatic rings. The molecule has 2 amide bonds. The lowest BCUT2D eigenvalue weighted by molar-refractivity contribution is -0.121. The van der Waals surface area contributed by atoms with Crippen LogP contribution in [0, 0.1) is 17.5 Å². The van der Waals surface area contributed by atoms with Crippen molar-refractivity contribution in [2.75, 3.05) is 19.0 Å². The molecular weight excluding hydrogens is 525 g/mol. The summed E-state index contributed by atoms with van der Waals surface area (Å²) in [5.41, 5.74) is -1.45. The van der Waals surface area contributed by atoms with E-state index in [0.29, 0.717) is 11.3 Å². The quantitative estimate of drug-likeness (QED) is 0.395. The van der Waals surface area contributed by atoms with Crippen LogP contribution in [0.15, 0.2) is 54.6 Å². The van der Waals surface area contributed by atoms with Crippen LogP contribution in [0.2, 0.25) is 0 Å². The third kappa shape index (κ3) is 4.47. The zero-order chi connectivity index (χ0) is 29.0. The highest BCUT2D eigenvalue weighted by Gasteiger charge is 2.60. The summed E-state index contributed by atoms with van der Waals surface area (Å²) in [7, 11) is 0.999. The van der Waals surface area contributed by atoms with Gasteiger partial charge in [0.25, 0.3) is 0 Å². The normalized spacial score (nSPS) is 19.9. The number of halogens is 3. The third-order valence-corrected chi connectivity index (χ3v) is 7.22. The van der Waals surface area contributed by atoms with Gasteiger partial charge in [-0.2, -0.15) is 0 Å². The Morgan fingerprint density at radius 2 is 1.65 bits per heavy atom. The summed E-state index contributed by atoms with van der Waals surface area (Å²) >= 11 is 0. The Labute approximate surface area is 228 Å². The Kier molecular flexibility index (Phi) is 6.60. The summed E-state index contributed by atoms with van der Waals surface area (Å²) in [4.78, 5) is 40.2. The summed E-state index contributed by atoms with van der Waals surface area (Å²) < 4.78 is 54.8. The van der Waals surface area contributed by atoms with E-state index < -0.39 is 52.1 Å². The number of methoxy groups -OCH3 is 1. The van der Waals surface area contributed by atoms with Crippen LogP contribution in [-0.2, 0) is 19.7 Å². The van der Waals surface area contributed by atoms with Crippen molar-refractivity contribution in [3.05, 3.63) is 88.7 Å². The fourth-order valence-corrected chi connectivity index (χ4v) is 5.64. The van der Waals surface area contributed by atoms with Crippen molar-refractivity contribution >= 4 is 23.7 Å². The molecule has 0 aliphatic carbocycles. The molecule has 3 aromatic carbocycles. The van der Waals surface area contributed by atoms with Gasteiger partial charge in [0, 0.05) is 12.2 Å². The fraction of sp³-hybridized carbons (Fsp3) is 0.300. The first-order chi connectivity index (χ1) is 18.9. The number of para-hydroxylation sites is 1. The monoisotopic (exact) mass is 552 g/mol. The molecule has 2 heterocycles. The molecule has 7 nitrogen and oxygen atoms in total. The van der Waals surface area contributed by atoms with Crippen LogP contribution in [-0.4, -0.2) is 42.1 Å². The Morgan fingerprint density at radius 1 is 1.00 bits per heavy atom. The molecule has 0 saturated carbocycles. The molecule has 0 aromatic heterocycles. The maximum Gasteiger partial charge on any atom is 0.410 e. The van der Waals surface area contributed by atoms with Gasteiger partial charge in [-0.3, -0.25) is 9.69 Å². The van der Waals surface area contributed by atoms with E-state index in [1.807, 2.05) is 0 Å². The lowest BCUT2D eigenvalue weighted by Gasteiger charge is -2.35. The topological polar surface area (TPSA) is 84.9 Å². The van der Waals surface area contributed by atoms with Gasteiger partial charge in [0.1, 0.15) is 34.0 Å². The molecule has 3 aromatic rings. The number of nitrogens with one attached hydrogen (secondary N) is 1. The van der Waals surface area contributed by atoms with E-state index in [1.54, 1.807) is 45.0 Å². The molecular formula is C30H27F3N2O5. The van der Waals surface area contributed by atoms with E-state index in [9.17, 15) is 23.2 Å². The molecule has 1 spiro atoms. The van der Waals surface area contributed by atoms with Crippen LogP contribution in [0.3, 0.4) is 0 Å². The van der Waals surface area contributed by atoms with Crippen molar-refractivity contribution in [1.82, 2.24) is 4.90 Å². The maximum atomic E-state index is 15.2. The highest BCUT2D eigenvalue weighted by molar-refractivity contribution is 6.07. The van der Waals surface area contributed by atoms with E-state index in [1.165, 1.54) is 17.0 Å². The Balaban J connectivity index is 1.68. The minimum absolute atomic E-state index is 0.0458. The predicted molar refractivity (Wildman–Crippen MR) is 140 cm³/mol. The van der Waals surface area contributed by atoms with Gasteiger partial charge in [-0.15, -0.1) is 0 Å². The number of esters is 1. The third-order valence-electron chi connectivity index (χ3n) is 7.22. The van der Waals surface area contributed by atoms with E-state index in [0.717, 1.165) is 25.3 Å². The number of hydrogen-bond acceptors (Lipinski definition) is 5. The van der Waals surface area contributed by atoms with Gasteiger partial charge in [-0.05, 0) is 85.8 Å². The minimum atomic E-state index is -1.26. The molecule has 40 heavy (non-hydrogen) atoms. The first-order valence-corrected chi connectivity index (χ1v) is 12.6. The van der Waals surface area contributed by atoms with Gasteiger partial charge in [0.05, 0.1) is 13.2 Å². The molecule has 10 heteroatoms. The lowest BCUT2D eigenvalue weighted by atomic mass is 9.72. The van der Waals surface area contributed by atoms with Crippen molar-refractivity contribution in [3.8, 4) is 11.1 Å². The number of fused-ring (bicyclic) bond motifs is 2. The molecule has 0 unspecified atom stereocenters. The van der Waals surface area contributed by atoms with Crippen LogP contribution in [0.25, 0.3) is 11.1 Å². The number of ether oxygens (including phenoxy) is 2.